The Morgan fingerprint density at radius 3 is 2.50 bits per heavy atom. The molecule has 0 bridgehead atoms. The fourth-order valence-corrected chi connectivity index (χ4v) is 3.69. The van der Waals surface area contributed by atoms with Gasteiger partial charge in [-0.05, 0) is 43.5 Å². The predicted molar refractivity (Wildman–Crippen MR) is 75.0 cm³/mol. The summed E-state index contributed by atoms with van der Waals surface area (Å²) in [6, 6.07) is 3.66. The van der Waals surface area contributed by atoms with Crippen LogP contribution in [0.1, 0.15) is 18.4 Å². The van der Waals surface area contributed by atoms with Gasteiger partial charge in [-0.3, -0.25) is 0 Å². The number of anilines is 1. The molecule has 0 radical (unpaired) electrons. The van der Waals surface area contributed by atoms with Crippen LogP contribution in [0.5, 0.6) is 0 Å². The van der Waals surface area contributed by atoms with Crippen molar-refractivity contribution in [1.29, 1.82) is 0 Å². The van der Waals surface area contributed by atoms with Crippen molar-refractivity contribution in [2.45, 2.75) is 25.8 Å². The Morgan fingerprint density at radius 2 is 1.90 bits per heavy atom. The molecular formula is C13H17FN2O3S. The van der Waals surface area contributed by atoms with Crippen LogP contribution in [0.3, 0.4) is 0 Å². The van der Waals surface area contributed by atoms with E-state index in [1.807, 2.05) is 0 Å². The van der Waals surface area contributed by atoms with Gasteiger partial charge in [-0.25, -0.2) is 17.6 Å². The van der Waals surface area contributed by atoms with E-state index in [-0.39, 0.29) is 17.5 Å². The molecule has 0 unspecified atom stereocenters. The highest BCUT2D eigenvalue weighted by atomic mass is 32.2. The molecule has 1 aromatic rings. The average molecular weight is 300 g/mol. The number of sulfone groups is 1. The van der Waals surface area contributed by atoms with Crippen LogP contribution < -0.4 is 10.6 Å². The number of nitrogens with one attached hydrogen (secondary N) is 2. The summed E-state index contributed by atoms with van der Waals surface area (Å²) in [6.07, 6.45) is 0.829. The number of carbonyl (C=O) groups is 1. The number of carbonyl (C=O) groups excluding carboxylic acids is 1. The van der Waals surface area contributed by atoms with E-state index in [9.17, 15) is 17.6 Å². The molecule has 7 heteroatoms. The minimum absolute atomic E-state index is 0.0943. The Kier molecular flexibility index (Phi) is 4.27. The Morgan fingerprint density at radius 1 is 1.25 bits per heavy atom. The lowest BCUT2D eigenvalue weighted by Gasteiger charge is -2.23. The zero-order valence-corrected chi connectivity index (χ0v) is 12.0. The van der Waals surface area contributed by atoms with Crippen LogP contribution in [-0.2, 0) is 9.84 Å². The van der Waals surface area contributed by atoms with Crippen molar-refractivity contribution in [2.24, 2.45) is 0 Å². The second kappa shape index (κ2) is 5.78. The lowest BCUT2D eigenvalue weighted by Crippen LogP contribution is -2.42. The van der Waals surface area contributed by atoms with Crippen molar-refractivity contribution < 1.29 is 17.6 Å². The Balaban J connectivity index is 1.90. The molecule has 1 saturated heterocycles. The summed E-state index contributed by atoms with van der Waals surface area (Å²) in [7, 11) is -2.94. The molecule has 1 aliphatic heterocycles. The summed E-state index contributed by atoms with van der Waals surface area (Å²) in [5.41, 5.74) is 1.09. The molecule has 1 fully saturated rings. The second-order valence-corrected chi connectivity index (χ2v) is 7.35. The van der Waals surface area contributed by atoms with Crippen molar-refractivity contribution >= 4 is 21.6 Å². The summed E-state index contributed by atoms with van der Waals surface area (Å²) in [4.78, 5) is 11.8. The molecule has 0 saturated carbocycles. The summed E-state index contributed by atoms with van der Waals surface area (Å²) in [6.45, 7) is 1.73. The van der Waals surface area contributed by atoms with Crippen LogP contribution >= 0.6 is 0 Å². The third-order valence-electron chi connectivity index (χ3n) is 3.19. The van der Waals surface area contributed by atoms with Gasteiger partial charge in [0.15, 0.2) is 0 Å². The maximum Gasteiger partial charge on any atom is 0.319 e. The van der Waals surface area contributed by atoms with Gasteiger partial charge in [0.25, 0.3) is 0 Å². The first kappa shape index (κ1) is 14.8. The van der Waals surface area contributed by atoms with Gasteiger partial charge < -0.3 is 10.6 Å². The molecule has 1 aromatic carbocycles. The van der Waals surface area contributed by atoms with Crippen LogP contribution in [-0.4, -0.2) is 32.0 Å². The monoisotopic (exact) mass is 300 g/mol. The highest BCUT2D eigenvalue weighted by Gasteiger charge is 2.24. The van der Waals surface area contributed by atoms with E-state index >= 15 is 0 Å². The third kappa shape index (κ3) is 4.19. The van der Waals surface area contributed by atoms with Crippen molar-refractivity contribution in [3.63, 3.8) is 0 Å². The van der Waals surface area contributed by atoms with E-state index in [1.165, 1.54) is 12.1 Å². The second-order valence-electron chi connectivity index (χ2n) is 5.04. The number of hydrogen-bond donors (Lipinski definition) is 2. The minimum Gasteiger partial charge on any atom is -0.335 e. The average Bonchev–Trinajstić information content (AvgIpc) is 2.30. The lowest BCUT2D eigenvalue weighted by molar-refractivity contribution is 0.247. The number of benzene rings is 1. The molecule has 0 spiro atoms. The summed E-state index contributed by atoms with van der Waals surface area (Å²) in [5, 5.41) is 5.26. The third-order valence-corrected chi connectivity index (χ3v) is 4.91. The molecule has 5 nitrogen and oxygen atoms in total. The molecule has 2 amide bonds. The normalized spacial score (nSPS) is 18.5. The van der Waals surface area contributed by atoms with Crippen molar-refractivity contribution in [1.82, 2.24) is 5.32 Å². The number of aryl methyl sites for hydroxylation is 1. The van der Waals surface area contributed by atoms with Gasteiger partial charge in [-0.1, -0.05) is 0 Å². The Hall–Kier alpha value is -1.63. The lowest BCUT2D eigenvalue weighted by atomic mass is 10.1. The van der Waals surface area contributed by atoms with Gasteiger partial charge in [0.05, 0.1) is 11.5 Å². The van der Waals surface area contributed by atoms with E-state index < -0.39 is 21.7 Å². The first-order valence-electron chi connectivity index (χ1n) is 6.39. The molecule has 0 aliphatic carbocycles. The van der Waals surface area contributed by atoms with E-state index in [4.69, 9.17) is 0 Å². The molecule has 1 aliphatic rings. The molecule has 0 atom stereocenters. The van der Waals surface area contributed by atoms with Crippen molar-refractivity contribution in [3.05, 3.63) is 29.6 Å². The van der Waals surface area contributed by atoms with Gasteiger partial charge >= 0.3 is 6.03 Å². The SMILES string of the molecule is Cc1cc(F)cc(NC(=O)NC2CCS(=O)(=O)CC2)c1. The van der Waals surface area contributed by atoms with Gasteiger partial charge in [-0.2, -0.15) is 0 Å². The maximum absolute atomic E-state index is 13.2. The summed E-state index contributed by atoms with van der Waals surface area (Å²) < 4.78 is 35.7. The zero-order chi connectivity index (χ0) is 14.8. The Labute approximate surface area is 117 Å². The van der Waals surface area contributed by atoms with E-state index in [2.05, 4.69) is 10.6 Å². The molecule has 0 aromatic heterocycles. The number of rotatable bonds is 2. The van der Waals surface area contributed by atoms with Crippen molar-refractivity contribution in [2.75, 3.05) is 16.8 Å². The summed E-state index contributed by atoms with van der Waals surface area (Å²) in [5.74, 6) is -0.224. The van der Waals surface area contributed by atoms with Crippen LogP contribution in [0.4, 0.5) is 14.9 Å². The number of amides is 2. The van der Waals surface area contributed by atoms with Crippen LogP contribution in [0.25, 0.3) is 0 Å². The molecular weight excluding hydrogens is 283 g/mol. The van der Waals surface area contributed by atoms with Gasteiger partial charge in [0, 0.05) is 11.7 Å². The summed E-state index contributed by atoms with van der Waals surface area (Å²) >= 11 is 0. The van der Waals surface area contributed by atoms with Crippen LogP contribution in [0, 0.1) is 12.7 Å². The largest absolute Gasteiger partial charge is 0.335 e. The van der Waals surface area contributed by atoms with Gasteiger partial charge in [0.1, 0.15) is 15.7 Å². The fourth-order valence-electron chi connectivity index (χ4n) is 2.20. The molecule has 2 rings (SSSR count). The topological polar surface area (TPSA) is 75.3 Å². The minimum atomic E-state index is -2.94. The fraction of sp³-hybridized carbons (Fsp3) is 0.462. The predicted octanol–water partition coefficient (Wildman–Crippen LogP) is 1.83. The van der Waals surface area contributed by atoms with Crippen molar-refractivity contribution in [3.8, 4) is 0 Å². The molecule has 110 valence electrons. The highest BCUT2D eigenvalue weighted by Crippen LogP contribution is 2.15. The smallest absolute Gasteiger partial charge is 0.319 e. The molecule has 1 heterocycles. The first-order valence-corrected chi connectivity index (χ1v) is 8.21. The van der Waals surface area contributed by atoms with Gasteiger partial charge in [-0.15, -0.1) is 0 Å². The highest BCUT2D eigenvalue weighted by molar-refractivity contribution is 7.91. The van der Waals surface area contributed by atoms with E-state index in [0.29, 0.717) is 24.1 Å². The van der Waals surface area contributed by atoms with E-state index in [0.717, 1.165) is 0 Å². The molecule has 20 heavy (non-hydrogen) atoms. The number of halogens is 1. The maximum atomic E-state index is 13.2. The molecule has 2 N–H and O–H groups in total. The van der Waals surface area contributed by atoms with Crippen LogP contribution in [0.15, 0.2) is 18.2 Å². The Bertz CT molecular complexity index is 582. The zero-order valence-electron chi connectivity index (χ0n) is 11.1. The quantitative estimate of drug-likeness (QED) is 0.875. The standard InChI is InChI=1S/C13H17FN2O3S/c1-9-6-10(14)8-12(7-9)16-13(17)15-11-2-4-20(18,19)5-3-11/h6-8,11H,2-5H2,1H3,(H2,15,16,17). The number of urea groups is 1. The first-order chi connectivity index (χ1) is 9.34. The van der Waals surface area contributed by atoms with Gasteiger partial charge in [0.2, 0.25) is 0 Å². The number of hydrogen-bond acceptors (Lipinski definition) is 3. The van der Waals surface area contributed by atoms with Crippen LogP contribution in [0.2, 0.25) is 0 Å². The van der Waals surface area contributed by atoms with E-state index in [1.54, 1.807) is 13.0 Å².